The summed E-state index contributed by atoms with van der Waals surface area (Å²) in [5.41, 5.74) is 1.63. The van der Waals surface area contributed by atoms with Gasteiger partial charge in [-0.15, -0.1) is 0 Å². The monoisotopic (exact) mass is 295 g/mol. The van der Waals surface area contributed by atoms with Gasteiger partial charge in [0.05, 0.1) is 0 Å². The van der Waals surface area contributed by atoms with Crippen LogP contribution in [0.5, 0.6) is 0 Å². The highest BCUT2D eigenvalue weighted by molar-refractivity contribution is 7.98. The number of rotatable bonds is 9. The Morgan fingerprint density at radius 1 is 1.30 bits per heavy atom. The second-order valence-corrected chi connectivity index (χ2v) is 5.56. The molecule has 0 aliphatic carbocycles. The van der Waals surface area contributed by atoms with Crippen LogP contribution in [-0.4, -0.2) is 36.0 Å². The lowest BCUT2D eigenvalue weighted by atomic mass is 10.1. The van der Waals surface area contributed by atoms with Crippen LogP contribution in [0.2, 0.25) is 0 Å². The summed E-state index contributed by atoms with van der Waals surface area (Å²) in [5, 5.41) is 6.14. The number of thioether (sulfide) groups is 1. The summed E-state index contributed by atoms with van der Waals surface area (Å²) < 4.78 is 0. The number of nitrogens with zero attached hydrogens (tertiary/aromatic N) is 1. The molecule has 0 atom stereocenters. The number of hydrogen-bond acceptors (Lipinski definition) is 4. The number of amides is 1. The average Bonchev–Trinajstić information content (AvgIpc) is 2.46. The minimum absolute atomic E-state index is 0.00888. The summed E-state index contributed by atoms with van der Waals surface area (Å²) in [5.74, 6) is 1.92. The zero-order chi connectivity index (χ0) is 14.8. The lowest BCUT2D eigenvalue weighted by Gasteiger charge is -2.09. The first-order valence-electron chi connectivity index (χ1n) is 7.23. The van der Waals surface area contributed by atoms with Gasteiger partial charge in [0.1, 0.15) is 5.82 Å². The van der Waals surface area contributed by atoms with Crippen LogP contribution in [0.15, 0.2) is 12.1 Å². The van der Waals surface area contributed by atoms with Crippen LogP contribution in [0.3, 0.4) is 0 Å². The van der Waals surface area contributed by atoms with Crippen molar-refractivity contribution in [2.45, 2.75) is 33.1 Å². The van der Waals surface area contributed by atoms with E-state index in [1.807, 2.05) is 37.7 Å². The van der Waals surface area contributed by atoms with Crippen molar-refractivity contribution >= 4 is 23.5 Å². The normalized spacial score (nSPS) is 10.3. The standard InChI is InChI=1S/C15H25N3OS/c1-4-13-10-12(11-14(18-13)16-5-2)15(19)17-8-6-7-9-20-3/h10-11H,4-9H2,1-3H3,(H,16,18)(H,17,19). The van der Waals surface area contributed by atoms with Gasteiger partial charge in [-0.25, -0.2) is 4.98 Å². The van der Waals surface area contributed by atoms with Crippen molar-refractivity contribution in [3.8, 4) is 0 Å². The Morgan fingerprint density at radius 3 is 2.75 bits per heavy atom. The smallest absolute Gasteiger partial charge is 0.251 e. The second-order valence-electron chi connectivity index (χ2n) is 4.57. The van der Waals surface area contributed by atoms with Gasteiger partial charge in [-0.1, -0.05) is 6.92 Å². The SMILES string of the molecule is CCNc1cc(C(=O)NCCCCSC)cc(CC)n1. The van der Waals surface area contributed by atoms with Crippen molar-refractivity contribution in [3.63, 3.8) is 0 Å². The maximum atomic E-state index is 12.1. The molecule has 0 aromatic carbocycles. The molecule has 2 N–H and O–H groups in total. The summed E-state index contributed by atoms with van der Waals surface area (Å²) in [7, 11) is 0. The Kier molecular flexibility index (Phi) is 8.11. The Bertz CT molecular complexity index is 424. The molecule has 0 saturated heterocycles. The fraction of sp³-hybridized carbons (Fsp3) is 0.600. The summed E-state index contributed by atoms with van der Waals surface area (Å²) in [4.78, 5) is 16.6. The number of hydrogen-bond donors (Lipinski definition) is 2. The van der Waals surface area contributed by atoms with Crippen LogP contribution < -0.4 is 10.6 Å². The van der Waals surface area contributed by atoms with Gasteiger partial charge in [0, 0.05) is 24.3 Å². The summed E-state index contributed by atoms with van der Waals surface area (Å²) >= 11 is 1.84. The van der Waals surface area contributed by atoms with E-state index in [9.17, 15) is 4.79 Å². The van der Waals surface area contributed by atoms with Crippen LogP contribution >= 0.6 is 11.8 Å². The van der Waals surface area contributed by atoms with Crippen molar-refractivity contribution < 1.29 is 4.79 Å². The quantitative estimate of drug-likeness (QED) is 0.688. The van der Waals surface area contributed by atoms with Crippen LogP contribution in [0.1, 0.15) is 42.7 Å². The first-order chi connectivity index (χ1) is 9.71. The molecule has 1 rings (SSSR count). The predicted octanol–water partition coefficient (Wildman–Crippen LogP) is 2.95. The predicted molar refractivity (Wildman–Crippen MR) is 87.7 cm³/mol. The third-order valence-electron chi connectivity index (χ3n) is 2.92. The van der Waals surface area contributed by atoms with Crippen LogP contribution in [0, 0.1) is 0 Å². The number of carbonyl (C=O) groups excluding carboxylic acids is 1. The van der Waals surface area contributed by atoms with E-state index in [4.69, 9.17) is 0 Å². The summed E-state index contributed by atoms with van der Waals surface area (Å²) in [6.45, 7) is 5.60. The van der Waals surface area contributed by atoms with Crippen LogP contribution in [0.4, 0.5) is 5.82 Å². The number of nitrogens with one attached hydrogen (secondary N) is 2. The van der Waals surface area contributed by atoms with Crippen molar-refractivity contribution in [1.82, 2.24) is 10.3 Å². The molecule has 1 heterocycles. The Morgan fingerprint density at radius 2 is 2.10 bits per heavy atom. The number of pyridine rings is 1. The van der Waals surface area contributed by atoms with E-state index in [1.54, 1.807) is 0 Å². The van der Waals surface area contributed by atoms with Gasteiger partial charge in [-0.3, -0.25) is 4.79 Å². The average molecular weight is 295 g/mol. The zero-order valence-corrected chi connectivity index (χ0v) is 13.5. The molecule has 0 radical (unpaired) electrons. The summed E-state index contributed by atoms with van der Waals surface area (Å²) in [6, 6.07) is 3.69. The molecule has 0 fully saturated rings. The Labute approximate surface area is 126 Å². The second kappa shape index (κ2) is 9.64. The fourth-order valence-corrected chi connectivity index (χ4v) is 2.34. The van der Waals surface area contributed by atoms with E-state index >= 15 is 0 Å². The first kappa shape index (κ1) is 16.8. The van der Waals surface area contributed by atoms with Crippen LogP contribution in [0.25, 0.3) is 0 Å². The maximum Gasteiger partial charge on any atom is 0.251 e. The zero-order valence-electron chi connectivity index (χ0n) is 12.7. The van der Waals surface area contributed by atoms with Crippen molar-refractivity contribution in [2.75, 3.05) is 30.4 Å². The lowest BCUT2D eigenvalue weighted by molar-refractivity contribution is 0.0953. The molecule has 0 aliphatic rings. The number of unbranched alkanes of at least 4 members (excludes halogenated alkanes) is 1. The highest BCUT2D eigenvalue weighted by Crippen LogP contribution is 2.11. The first-order valence-corrected chi connectivity index (χ1v) is 8.62. The molecule has 1 aromatic rings. The molecule has 20 heavy (non-hydrogen) atoms. The molecule has 4 nitrogen and oxygen atoms in total. The van der Waals surface area contributed by atoms with Gasteiger partial charge >= 0.3 is 0 Å². The molecule has 5 heteroatoms. The maximum absolute atomic E-state index is 12.1. The van der Waals surface area contributed by atoms with E-state index in [0.717, 1.165) is 49.6 Å². The van der Waals surface area contributed by atoms with E-state index < -0.39 is 0 Å². The number of anilines is 1. The molecule has 1 amide bonds. The van der Waals surface area contributed by atoms with E-state index in [-0.39, 0.29) is 5.91 Å². The highest BCUT2D eigenvalue weighted by Gasteiger charge is 2.08. The number of aromatic nitrogens is 1. The van der Waals surface area contributed by atoms with Gasteiger partial charge in [0.25, 0.3) is 5.91 Å². The van der Waals surface area contributed by atoms with E-state index in [1.165, 1.54) is 0 Å². The topological polar surface area (TPSA) is 54.0 Å². The van der Waals surface area contributed by atoms with Gasteiger partial charge in [-0.2, -0.15) is 11.8 Å². The minimum Gasteiger partial charge on any atom is -0.370 e. The molecule has 0 saturated carbocycles. The number of aryl methyl sites for hydroxylation is 1. The van der Waals surface area contributed by atoms with Gasteiger partial charge in [0.2, 0.25) is 0 Å². The molecule has 112 valence electrons. The van der Waals surface area contributed by atoms with Gasteiger partial charge < -0.3 is 10.6 Å². The lowest BCUT2D eigenvalue weighted by Crippen LogP contribution is -2.25. The fourth-order valence-electron chi connectivity index (χ4n) is 1.85. The van der Waals surface area contributed by atoms with Gasteiger partial charge in [0.15, 0.2) is 0 Å². The van der Waals surface area contributed by atoms with Crippen LogP contribution in [-0.2, 0) is 6.42 Å². The third-order valence-corrected chi connectivity index (χ3v) is 3.62. The van der Waals surface area contributed by atoms with E-state index in [0.29, 0.717) is 5.56 Å². The third kappa shape index (κ3) is 5.82. The number of carbonyl (C=O) groups is 1. The van der Waals surface area contributed by atoms with E-state index in [2.05, 4.69) is 21.9 Å². The molecular formula is C15H25N3OS. The molecule has 0 aliphatic heterocycles. The van der Waals surface area contributed by atoms with Gasteiger partial charge in [-0.05, 0) is 50.3 Å². The van der Waals surface area contributed by atoms with Crippen molar-refractivity contribution in [3.05, 3.63) is 23.4 Å². The minimum atomic E-state index is -0.00888. The highest BCUT2D eigenvalue weighted by atomic mass is 32.2. The molecule has 0 spiro atoms. The summed E-state index contributed by atoms with van der Waals surface area (Å²) in [6.07, 6.45) is 5.09. The van der Waals surface area contributed by atoms with Crippen molar-refractivity contribution in [1.29, 1.82) is 0 Å². The van der Waals surface area contributed by atoms with Crippen molar-refractivity contribution in [2.24, 2.45) is 0 Å². The molecule has 0 unspecified atom stereocenters. The molecule has 0 bridgehead atoms. The Balaban J connectivity index is 2.59. The largest absolute Gasteiger partial charge is 0.370 e. The Hall–Kier alpha value is -1.23. The molecular weight excluding hydrogens is 270 g/mol. The molecule has 1 aromatic heterocycles.